The second-order valence-corrected chi connectivity index (χ2v) is 3.86. The zero-order chi connectivity index (χ0) is 17.0. The Morgan fingerprint density at radius 3 is 1.82 bits per heavy atom. The van der Waals surface area contributed by atoms with E-state index in [4.69, 9.17) is 14.2 Å². The second kappa shape index (κ2) is 11.5. The molecule has 2 rings (SSSR count). The molecule has 3 heteroatoms. The summed E-state index contributed by atoms with van der Waals surface area (Å²) in [7, 11) is 3.29. The van der Waals surface area contributed by atoms with E-state index in [0.717, 1.165) is 28.6 Å². The molecule has 0 saturated carbocycles. The summed E-state index contributed by atoms with van der Waals surface area (Å²) in [5, 5.41) is 0. The molecular weight excluding hydrogens is 276 g/mol. The molecule has 0 unspecified atom stereocenters. The molecule has 0 N–H and O–H groups in total. The quantitative estimate of drug-likeness (QED) is 0.708. The zero-order valence-electron chi connectivity index (χ0n) is 14.8. The van der Waals surface area contributed by atoms with E-state index < -0.39 is 0 Å². The summed E-state index contributed by atoms with van der Waals surface area (Å²) in [6.07, 6.45) is 0. The van der Waals surface area contributed by atoms with Crippen LogP contribution in [0.5, 0.6) is 23.0 Å². The van der Waals surface area contributed by atoms with Crippen molar-refractivity contribution in [2.45, 2.75) is 34.6 Å². The van der Waals surface area contributed by atoms with Crippen LogP contribution in [0.25, 0.3) is 0 Å². The van der Waals surface area contributed by atoms with Crippen LogP contribution in [0.15, 0.2) is 42.5 Å². The van der Waals surface area contributed by atoms with Gasteiger partial charge in [-0.3, -0.25) is 0 Å². The van der Waals surface area contributed by atoms with Gasteiger partial charge in [-0.15, -0.1) is 0 Å². The first-order valence-electron chi connectivity index (χ1n) is 7.70. The summed E-state index contributed by atoms with van der Waals surface area (Å²) in [6, 6.07) is 13.2. The molecule has 0 amide bonds. The largest absolute Gasteiger partial charge is 0.497 e. The van der Waals surface area contributed by atoms with Crippen molar-refractivity contribution < 1.29 is 14.2 Å². The van der Waals surface area contributed by atoms with Crippen molar-refractivity contribution in [2.24, 2.45) is 0 Å². The lowest BCUT2D eigenvalue weighted by Crippen LogP contribution is -1.92. The lowest BCUT2D eigenvalue weighted by molar-refractivity contribution is 0.400. The van der Waals surface area contributed by atoms with E-state index >= 15 is 0 Å². The number of hydrogen-bond acceptors (Lipinski definition) is 3. The van der Waals surface area contributed by atoms with Crippen LogP contribution >= 0.6 is 0 Å². The van der Waals surface area contributed by atoms with Crippen LogP contribution < -0.4 is 14.2 Å². The first-order chi connectivity index (χ1) is 10.7. The van der Waals surface area contributed by atoms with Crippen LogP contribution in [0, 0.1) is 6.92 Å². The van der Waals surface area contributed by atoms with Gasteiger partial charge in [0.1, 0.15) is 23.0 Å². The molecule has 0 aliphatic rings. The molecule has 0 fully saturated rings. The van der Waals surface area contributed by atoms with Gasteiger partial charge in [0.25, 0.3) is 0 Å². The summed E-state index contributed by atoms with van der Waals surface area (Å²) in [4.78, 5) is 0. The molecule has 0 heterocycles. The monoisotopic (exact) mass is 304 g/mol. The van der Waals surface area contributed by atoms with Crippen LogP contribution in [-0.4, -0.2) is 14.2 Å². The summed E-state index contributed by atoms with van der Waals surface area (Å²) >= 11 is 0. The van der Waals surface area contributed by atoms with E-state index in [1.807, 2.05) is 77.1 Å². The Morgan fingerprint density at radius 2 is 1.23 bits per heavy atom. The third-order valence-electron chi connectivity index (χ3n) is 2.72. The van der Waals surface area contributed by atoms with Crippen molar-refractivity contribution in [2.75, 3.05) is 14.2 Å². The van der Waals surface area contributed by atoms with Crippen molar-refractivity contribution in [1.29, 1.82) is 0 Å². The second-order valence-electron chi connectivity index (χ2n) is 3.86. The molecule has 0 atom stereocenters. The maximum Gasteiger partial charge on any atom is 0.134 e. The Kier molecular flexibility index (Phi) is 10.4. The Bertz CT molecular complexity index is 536. The van der Waals surface area contributed by atoms with Gasteiger partial charge in [-0.05, 0) is 31.2 Å². The number of hydrogen-bond donors (Lipinski definition) is 0. The highest BCUT2D eigenvalue weighted by Gasteiger charge is 2.06. The van der Waals surface area contributed by atoms with Crippen molar-refractivity contribution in [3.8, 4) is 23.0 Å². The van der Waals surface area contributed by atoms with Crippen molar-refractivity contribution in [1.82, 2.24) is 0 Å². The smallest absolute Gasteiger partial charge is 0.134 e. The molecule has 2 aromatic carbocycles. The highest BCUT2D eigenvalue weighted by molar-refractivity contribution is 5.46. The van der Waals surface area contributed by atoms with Gasteiger partial charge in [-0.1, -0.05) is 39.8 Å². The standard InChI is InChI=1S/C15H16O3.2C2H6/c1-11-14(17-3)8-5-9-15(11)18-13-7-4-6-12(10-13)16-2;2*1-2/h4-10H,1-3H3;2*1-2H3. The van der Waals surface area contributed by atoms with Gasteiger partial charge in [0.2, 0.25) is 0 Å². The van der Waals surface area contributed by atoms with Gasteiger partial charge in [0, 0.05) is 11.6 Å². The molecule has 0 aromatic heterocycles. The molecule has 3 nitrogen and oxygen atoms in total. The zero-order valence-corrected chi connectivity index (χ0v) is 14.8. The van der Waals surface area contributed by atoms with Crippen LogP contribution in [0.4, 0.5) is 0 Å². The van der Waals surface area contributed by atoms with Crippen LogP contribution in [-0.2, 0) is 0 Å². The molecule has 0 aliphatic carbocycles. The molecule has 0 saturated heterocycles. The topological polar surface area (TPSA) is 27.7 Å². The number of benzene rings is 2. The molecular formula is C19H28O3. The third kappa shape index (κ3) is 5.68. The number of methoxy groups -OCH3 is 2. The summed E-state index contributed by atoms with van der Waals surface area (Å²) in [5.74, 6) is 3.11. The summed E-state index contributed by atoms with van der Waals surface area (Å²) < 4.78 is 16.3. The highest BCUT2D eigenvalue weighted by atomic mass is 16.5. The van der Waals surface area contributed by atoms with E-state index in [2.05, 4.69) is 0 Å². The molecule has 22 heavy (non-hydrogen) atoms. The van der Waals surface area contributed by atoms with Crippen molar-refractivity contribution >= 4 is 0 Å². The maximum absolute atomic E-state index is 5.83. The minimum Gasteiger partial charge on any atom is -0.497 e. The maximum atomic E-state index is 5.83. The van der Waals surface area contributed by atoms with Gasteiger partial charge >= 0.3 is 0 Å². The van der Waals surface area contributed by atoms with Crippen molar-refractivity contribution in [3.05, 3.63) is 48.0 Å². The number of rotatable bonds is 4. The van der Waals surface area contributed by atoms with E-state index in [9.17, 15) is 0 Å². The first-order valence-corrected chi connectivity index (χ1v) is 7.70. The summed E-state index contributed by atoms with van der Waals surface area (Å²) in [6.45, 7) is 9.97. The lowest BCUT2D eigenvalue weighted by Gasteiger charge is -2.12. The van der Waals surface area contributed by atoms with Gasteiger partial charge in [-0.2, -0.15) is 0 Å². The average Bonchev–Trinajstić information content (AvgIpc) is 2.60. The SMILES string of the molecule is CC.CC.COc1cccc(Oc2cccc(OC)c2C)c1. The van der Waals surface area contributed by atoms with Crippen LogP contribution in [0.1, 0.15) is 33.3 Å². The number of ether oxygens (including phenoxy) is 3. The molecule has 122 valence electrons. The van der Waals surface area contributed by atoms with Crippen molar-refractivity contribution in [3.63, 3.8) is 0 Å². The lowest BCUT2D eigenvalue weighted by atomic mass is 10.2. The Labute approximate surface area is 134 Å². The fourth-order valence-corrected chi connectivity index (χ4v) is 1.72. The predicted molar refractivity (Wildman–Crippen MR) is 93.5 cm³/mol. The van der Waals surface area contributed by atoms with Crippen LogP contribution in [0.3, 0.4) is 0 Å². The minimum atomic E-state index is 0.741. The molecule has 0 radical (unpaired) electrons. The minimum absolute atomic E-state index is 0.741. The van der Waals surface area contributed by atoms with Crippen LogP contribution in [0.2, 0.25) is 0 Å². The highest BCUT2D eigenvalue weighted by Crippen LogP contribution is 2.32. The molecule has 0 aliphatic heterocycles. The Hall–Kier alpha value is -2.16. The van der Waals surface area contributed by atoms with E-state index in [1.165, 1.54) is 0 Å². The van der Waals surface area contributed by atoms with Gasteiger partial charge in [0.05, 0.1) is 14.2 Å². The van der Waals surface area contributed by atoms with Gasteiger partial charge in [-0.25, -0.2) is 0 Å². The van der Waals surface area contributed by atoms with E-state index in [0.29, 0.717) is 0 Å². The summed E-state index contributed by atoms with van der Waals surface area (Å²) in [5.41, 5.74) is 0.975. The Morgan fingerprint density at radius 1 is 0.682 bits per heavy atom. The fraction of sp³-hybridized carbons (Fsp3) is 0.368. The molecule has 0 spiro atoms. The van der Waals surface area contributed by atoms with Gasteiger partial charge < -0.3 is 14.2 Å². The fourth-order valence-electron chi connectivity index (χ4n) is 1.72. The normalized spacial score (nSPS) is 8.68. The molecule has 0 bridgehead atoms. The predicted octanol–water partition coefficient (Wildman–Crippen LogP) is 5.86. The molecule has 2 aromatic rings. The van der Waals surface area contributed by atoms with E-state index in [-0.39, 0.29) is 0 Å². The third-order valence-corrected chi connectivity index (χ3v) is 2.72. The van der Waals surface area contributed by atoms with E-state index in [1.54, 1.807) is 14.2 Å². The average molecular weight is 304 g/mol. The van der Waals surface area contributed by atoms with Gasteiger partial charge in [0.15, 0.2) is 0 Å². The Balaban J connectivity index is 0.00000102. The first kappa shape index (κ1) is 19.8.